The van der Waals surface area contributed by atoms with Crippen LogP contribution in [-0.4, -0.2) is 0 Å². The summed E-state index contributed by atoms with van der Waals surface area (Å²) in [5, 5.41) is 0. The Hall–Kier alpha value is -4.42. The fourth-order valence-corrected chi connectivity index (χ4v) is 16.2. The summed E-state index contributed by atoms with van der Waals surface area (Å²) < 4.78 is 0. The van der Waals surface area contributed by atoms with Gasteiger partial charge in [-0.2, -0.15) is 0 Å². The van der Waals surface area contributed by atoms with E-state index in [1.807, 2.05) is 0 Å². The molecule has 0 radical (unpaired) electrons. The van der Waals surface area contributed by atoms with Crippen molar-refractivity contribution in [3.05, 3.63) is 204 Å². The number of benzene rings is 5. The van der Waals surface area contributed by atoms with E-state index in [9.17, 15) is 0 Å². The van der Waals surface area contributed by atoms with Gasteiger partial charge in [-0.05, 0) is 155 Å². The van der Waals surface area contributed by atoms with Gasteiger partial charge in [-0.1, -0.05) is 189 Å². The minimum Gasteiger partial charge on any atom is -0.0811 e. The van der Waals surface area contributed by atoms with Crippen molar-refractivity contribution in [3.63, 3.8) is 0 Å². The summed E-state index contributed by atoms with van der Waals surface area (Å²) in [7, 11) is 0. The van der Waals surface area contributed by atoms with Crippen LogP contribution in [0.2, 0.25) is 0 Å². The van der Waals surface area contributed by atoms with E-state index >= 15 is 0 Å². The molecule has 0 spiro atoms. The monoisotopic (exact) mass is 744 g/mol. The van der Waals surface area contributed by atoms with Crippen LogP contribution in [0.5, 0.6) is 0 Å². The van der Waals surface area contributed by atoms with Crippen LogP contribution in [0.3, 0.4) is 0 Å². The number of rotatable bonds is 8. The molecule has 5 aromatic rings. The molecule has 7 aliphatic carbocycles. The van der Waals surface area contributed by atoms with Crippen molar-refractivity contribution < 1.29 is 0 Å². The van der Waals surface area contributed by atoms with E-state index in [1.165, 1.54) is 83.5 Å². The molecule has 5 aromatic carbocycles. The Morgan fingerprint density at radius 3 is 1.25 bits per heavy atom. The molecular weight excluding hydrogens is 685 g/mol. The van der Waals surface area contributed by atoms with Crippen LogP contribution >= 0.6 is 0 Å². The van der Waals surface area contributed by atoms with Crippen molar-refractivity contribution in [2.45, 2.75) is 117 Å². The molecule has 288 valence electrons. The Balaban J connectivity index is 1.18. The molecule has 0 heteroatoms. The van der Waals surface area contributed by atoms with E-state index in [0.29, 0.717) is 11.8 Å². The van der Waals surface area contributed by atoms with Crippen molar-refractivity contribution in [2.75, 3.05) is 0 Å². The molecule has 0 amide bonds. The first-order valence-electron chi connectivity index (χ1n) is 22.5. The highest BCUT2D eigenvalue weighted by Gasteiger charge is 2.75. The molecular formula is C57H60. The summed E-state index contributed by atoms with van der Waals surface area (Å²) in [5.74, 6) is 1.09. The van der Waals surface area contributed by atoms with Crippen molar-refractivity contribution in [3.8, 4) is 0 Å². The summed E-state index contributed by atoms with van der Waals surface area (Å²) in [5.41, 5.74) is 9.03. The average molecular weight is 745 g/mol. The molecule has 57 heavy (non-hydrogen) atoms. The molecule has 0 saturated heterocycles. The maximum Gasteiger partial charge on any atom is -0.00245 e. The maximum absolute atomic E-state index is 2.57. The Labute approximate surface area is 342 Å². The van der Waals surface area contributed by atoms with Crippen LogP contribution < -0.4 is 0 Å². The Kier molecular flexibility index (Phi) is 8.17. The quantitative estimate of drug-likeness (QED) is 0.148. The maximum atomic E-state index is 2.57. The smallest absolute Gasteiger partial charge is 0.00245 e. The van der Waals surface area contributed by atoms with Gasteiger partial charge >= 0.3 is 0 Å². The third kappa shape index (κ3) is 5.45. The molecule has 5 unspecified atom stereocenters. The summed E-state index contributed by atoms with van der Waals surface area (Å²) in [4.78, 5) is 0. The number of hydrogen-bond acceptors (Lipinski definition) is 0. The molecule has 12 rings (SSSR count). The Morgan fingerprint density at radius 2 is 0.789 bits per heavy atom. The molecule has 0 aromatic heterocycles. The highest BCUT2D eigenvalue weighted by Crippen LogP contribution is 2.82. The van der Waals surface area contributed by atoms with Crippen LogP contribution in [0.1, 0.15) is 118 Å². The fourth-order valence-electron chi connectivity index (χ4n) is 16.2. The van der Waals surface area contributed by atoms with Crippen LogP contribution in [0.15, 0.2) is 176 Å². The SMILES string of the molecule is CC1C=CC=CC1CC1(c2ccccc2)CC2(c3ccccc3)CCCC(C34CC5(c6ccccc6)CC(c6ccccc6)(CC(c6ccccc6)(C5)C3)C4)(C2)C1. The Morgan fingerprint density at radius 1 is 0.386 bits per heavy atom. The number of allylic oxidation sites excluding steroid dienone is 4. The minimum atomic E-state index is 0.0767. The van der Waals surface area contributed by atoms with Gasteiger partial charge in [0.1, 0.15) is 0 Å². The van der Waals surface area contributed by atoms with Crippen LogP contribution in [0.25, 0.3) is 0 Å². The van der Waals surface area contributed by atoms with Gasteiger partial charge in [-0.25, -0.2) is 0 Å². The molecule has 0 heterocycles. The summed E-state index contributed by atoms with van der Waals surface area (Å²) in [6, 6.07) is 60.1. The van der Waals surface area contributed by atoms with E-state index in [-0.39, 0.29) is 37.9 Å². The van der Waals surface area contributed by atoms with Gasteiger partial charge in [0.2, 0.25) is 0 Å². The van der Waals surface area contributed by atoms with Crippen LogP contribution in [0.4, 0.5) is 0 Å². The topological polar surface area (TPSA) is 0 Å². The van der Waals surface area contributed by atoms with E-state index in [0.717, 1.165) is 0 Å². The predicted octanol–water partition coefficient (Wildman–Crippen LogP) is 14.2. The van der Waals surface area contributed by atoms with E-state index in [2.05, 4.69) is 183 Å². The summed E-state index contributed by atoms with van der Waals surface area (Å²) >= 11 is 0. The first-order valence-corrected chi connectivity index (χ1v) is 22.5. The second kappa shape index (κ2) is 13.0. The zero-order valence-electron chi connectivity index (χ0n) is 34.1. The van der Waals surface area contributed by atoms with Crippen LogP contribution in [0, 0.1) is 22.7 Å². The van der Waals surface area contributed by atoms with Gasteiger partial charge in [0.05, 0.1) is 0 Å². The number of fused-ring (bicyclic) bond motifs is 2. The third-order valence-electron chi connectivity index (χ3n) is 17.6. The van der Waals surface area contributed by atoms with E-state index in [1.54, 1.807) is 27.8 Å². The van der Waals surface area contributed by atoms with Gasteiger partial charge in [-0.15, -0.1) is 0 Å². The van der Waals surface area contributed by atoms with Gasteiger partial charge in [-0.3, -0.25) is 0 Å². The van der Waals surface area contributed by atoms with Crippen LogP contribution in [-0.2, 0) is 27.1 Å². The molecule has 0 aliphatic heterocycles. The lowest BCUT2D eigenvalue weighted by molar-refractivity contribution is -0.207. The molecule has 6 fully saturated rings. The molecule has 6 bridgehead atoms. The van der Waals surface area contributed by atoms with Crippen molar-refractivity contribution >= 4 is 0 Å². The zero-order chi connectivity index (χ0) is 38.2. The molecule has 7 aliphatic rings. The summed E-state index contributed by atoms with van der Waals surface area (Å²) in [6.45, 7) is 2.48. The lowest BCUT2D eigenvalue weighted by atomic mass is 9.26. The third-order valence-corrected chi connectivity index (χ3v) is 17.6. The lowest BCUT2D eigenvalue weighted by Crippen LogP contribution is -2.71. The lowest BCUT2D eigenvalue weighted by Gasteiger charge is -2.77. The summed E-state index contributed by atoms with van der Waals surface area (Å²) in [6.07, 6.45) is 26.6. The second-order valence-corrected chi connectivity index (χ2v) is 20.7. The van der Waals surface area contributed by atoms with E-state index in [4.69, 9.17) is 0 Å². The fraction of sp³-hybridized carbons (Fsp3) is 0.404. The predicted molar refractivity (Wildman–Crippen MR) is 236 cm³/mol. The van der Waals surface area contributed by atoms with Gasteiger partial charge in [0.15, 0.2) is 0 Å². The second-order valence-electron chi connectivity index (χ2n) is 20.7. The standard InChI is InChI=1S/C57H60/c1-44-20-17-18-21-45(44)34-52(47-24-9-3-10-25-47)35-51(46-22-7-2-8-23-46)32-19-33-56(39-51,40-52)57-41-53(48-26-11-4-12-27-48)36-54(42-57,49-28-13-5-14-29-49)38-55(37-53,43-57)50-30-15-6-16-31-50/h2-18,20-31,44-45H,19,32-43H2,1H3. The first kappa shape index (κ1) is 35.7. The molecule has 0 nitrogen and oxygen atoms in total. The van der Waals surface area contributed by atoms with Gasteiger partial charge in [0.25, 0.3) is 0 Å². The molecule has 0 N–H and O–H groups in total. The van der Waals surface area contributed by atoms with Crippen molar-refractivity contribution in [2.24, 2.45) is 22.7 Å². The molecule has 5 atom stereocenters. The Bertz CT molecular complexity index is 2130. The zero-order valence-corrected chi connectivity index (χ0v) is 34.1. The average Bonchev–Trinajstić information content (AvgIpc) is 3.26. The highest BCUT2D eigenvalue weighted by atomic mass is 14.8. The first-order chi connectivity index (χ1) is 27.8. The normalized spacial score (nSPS) is 38.9. The largest absolute Gasteiger partial charge is 0.0811 e. The van der Waals surface area contributed by atoms with Crippen molar-refractivity contribution in [1.29, 1.82) is 0 Å². The van der Waals surface area contributed by atoms with E-state index < -0.39 is 0 Å². The van der Waals surface area contributed by atoms with Crippen molar-refractivity contribution in [1.82, 2.24) is 0 Å². The van der Waals surface area contributed by atoms with Gasteiger partial charge < -0.3 is 0 Å². The highest BCUT2D eigenvalue weighted by molar-refractivity contribution is 5.48. The molecule has 6 saturated carbocycles. The minimum absolute atomic E-state index is 0.0767. The van der Waals surface area contributed by atoms with Gasteiger partial charge in [0, 0.05) is 0 Å². The number of hydrogen-bond donors (Lipinski definition) is 0.